The van der Waals surface area contributed by atoms with Crippen LogP contribution in [0.4, 0.5) is 0 Å². The Morgan fingerprint density at radius 1 is 0.312 bits per heavy atom. The van der Waals surface area contributed by atoms with Crippen molar-refractivity contribution in [2.75, 3.05) is 6.61 Å². The number of carbonyl (C=O) groups is 1. The summed E-state index contributed by atoms with van der Waals surface area (Å²) in [5.41, 5.74) is 0. The van der Waals surface area contributed by atoms with Crippen LogP contribution >= 0.6 is 0 Å². The molecule has 0 rings (SSSR count). The SMILES string of the molecule is CC/C=C\C/C=C\C/C=C\C/C=C\C/C=C\CCCCCCCCCCCCCCCCCCCCCCCCCC(=O)NC(CO)C(O)/C=C/CC/C=C/CC/C=C/CCCCCCCCCCCCCCCCCCCCC. The molecule has 0 aromatic heterocycles. The molecule has 0 aromatic rings. The molecule has 80 heavy (non-hydrogen) atoms. The fourth-order valence-corrected chi connectivity index (χ4v) is 10.7. The van der Waals surface area contributed by atoms with Gasteiger partial charge in [0.25, 0.3) is 0 Å². The van der Waals surface area contributed by atoms with Crippen LogP contribution in [0.15, 0.2) is 97.2 Å². The van der Waals surface area contributed by atoms with Gasteiger partial charge in [0.05, 0.1) is 18.8 Å². The lowest BCUT2D eigenvalue weighted by molar-refractivity contribution is -0.123. The van der Waals surface area contributed by atoms with Crippen molar-refractivity contribution in [2.24, 2.45) is 0 Å². The number of hydrogen-bond donors (Lipinski definition) is 3. The minimum Gasteiger partial charge on any atom is -0.394 e. The van der Waals surface area contributed by atoms with Crippen molar-refractivity contribution in [2.45, 2.75) is 373 Å². The Bertz CT molecular complexity index is 1450. The highest BCUT2D eigenvalue weighted by molar-refractivity contribution is 5.76. The molecule has 0 aromatic carbocycles. The first-order valence-corrected chi connectivity index (χ1v) is 35.5. The van der Waals surface area contributed by atoms with Crippen molar-refractivity contribution < 1.29 is 15.0 Å². The largest absolute Gasteiger partial charge is 0.394 e. The molecule has 0 heterocycles. The van der Waals surface area contributed by atoms with Crippen LogP contribution < -0.4 is 5.32 Å². The van der Waals surface area contributed by atoms with Gasteiger partial charge in [0, 0.05) is 6.42 Å². The van der Waals surface area contributed by atoms with Crippen molar-refractivity contribution in [3.8, 4) is 0 Å². The van der Waals surface area contributed by atoms with Crippen molar-refractivity contribution >= 4 is 5.91 Å². The smallest absolute Gasteiger partial charge is 0.220 e. The number of aliphatic hydroxyl groups excluding tert-OH is 2. The number of carbonyl (C=O) groups excluding carboxylic acids is 1. The minimum atomic E-state index is -0.875. The average molecular weight is 1110 g/mol. The monoisotopic (exact) mass is 1110 g/mol. The van der Waals surface area contributed by atoms with Gasteiger partial charge < -0.3 is 15.5 Å². The zero-order valence-corrected chi connectivity index (χ0v) is 53.6. The van der Waals surface area contributed by atoms with Gasteiger partial charge >= 0.3 is 0 Å². The van der Waals surface area contributed by atoms with Crippen LogP contribution in [0.1, 0.15) is 361 Å². The summed E-state index contributed by atoms with van der Waals surface area (Å²) in [7, 11) is 0. The number of aliphatic hydroxyl groups is 2. The van der Waals surface area contributed by atoms with Gasteiger partial charge in [-0.3, -0.25) is 4.79 Å². The maximum atomic E-state index is 12.5. The van der Waals surface area contributed by atoms with E-state index < -0.39 is 12.1 Å². The summed E-state index contributed by atoms with van der Waals surface area (Å²) in [5, 5.41) is 23.3. The van der Waals surface area contributed by atoms with Gasteiger partial charge in [-0.2, -0.15) is 0 Å². The van der Waals surface area contributed by atoms with Gasteiger partial charge in [0.2, 0.25) is 5.91 Å². The third-order valence-electron chi connectivity index (χ3n) is 16.0. The molecule has 4 heteroatoms. The molecule has 0 saturated carbocycles. The zero-order chi connectivity index (χ0) is 57.6. The third kappa shape index (κ3) is 66.1. The first-order valence-electron chi connectivity index (χ1n) is 35.5. The first kappa shape index (κ1) is 77.3. The lowest BCUT2D eigenvalue weighted by Crippen LogP contribution is -2.45. The van der Waals surface area contributed by atoms with Crippen LogP contribution in [0.25, 0.3) is 0 Å². The van der Waals surface area contributed by atoms with Gasteiger partial charge in [0.15, 0.2) is 0 Å². The highest BCUT2D eigenvalue weighted by atomic mass is 16.3. The van der Waals surface area contributed by atoms with E-state index in [2.05, 4.69) is 104 Å². The van der Waals surface area contributed by atoms with Crippen LogP contribution in [0.3, 0.4) is 0 Å². The summed E-state index contributed by atoms with van der Waals surface area (Å²) in [6, 6.07) is -0.650. The fourth-order valence-electron chi connectivity index (χ4n) is 10.7. The van der Waals surface area contributed by atoms with Gasteiger partial charge in [-0.05, 0) is 89.9 Å². The molecule has 0 saturated heterocycles. The molecule has 0 aliphatic heterocycles. The van der Waals surface area contributed by atoms with E-state index in [0.717, 1.165) is 70.6 Å². The Morgan fingerprint density at radius 3 is 0.875 bits per heavy atom. The number of hydrogen-bond acceptors (Lipinski definition) is 3. The predicted molar refractivity (Wildman–Crippen MR) is 359 cm³/mol. The van der Waals surface area contributed by atoms with Crippen LogP contribution in [0.2, 0.25) is 0 Å². The summed E-state index contributed by atoms with van der Waals surface area (Å²) in [4.78, 5) is 12.5. The summed E-state index contributed by atoms with van der Waals surface area (Å²) in [5.74, 6) is -0.0736. The van der Waals surface area contributed by atoms with Gasteiger partial charge in [0.1, 0.15) is 0 Å². The molecule has 0 aliphatic carbocycles. The molecule has 2 atom stereocenters. The van der Waals surface area contributed by atoms with Crippen LogP contribution in [-0.4, -0.2) is 34.9 Å². The van der Waals surface area contributed by atoms with E-state index in [9.17, 15) is 15.0 Å². The Hall–Kier alpha value is -2.69. The fraction of sp³-hybridized carbons (Fsp3) is 0.776. The lowest BCUT2D eigenvalue weighted by atomic mass is 10.0. The maximum absolute atomic E-state index is 12.5. The van der Waals surface area contributed by atoms with E-state index in [4.69, 9.17) is 0 Å². The van der Waals surface area contributed by atoms with E-state index in [1.165, 1.54) is 270 Å². The summed E-state index contributed by atoms with van der Waals surface area (Å²) >= 11 is 0. The van der Waals surface area contributed by atoms with Crippen molar-refractivity contribution in [3.05, 3.63) is 97.2 Å². The lowest BCUT2D eigenvalue weighted by Gasteiger charge is -2.19. The summed E-state index contributed by atoms with van der Waals surface area (Å²) in [6.07, 6.45) is 105. The minimum absolute atomic E-state index is 0.0736. The molecular formula is C76H137NO3. The Kier molecular flexibility index (Phi) is 68.2. The normalized spacial score (nSPS) is 13.3. The maximum Gasteiger partial charge on any atom is 0.220 e. The molecular weight excluding hydrogens is 975 g/mol. The number of rotatable bonds is 65. The number of unbranched alkanes of at least 4 members (excludes halogenated alkanes) is 44. The Balaban J connectivity index is 3.48. The highest BCUT2D eigenvalue weighted by Gasteiger charge is 2.18. The van der Waals surface area contributed by atoms with Gasteiger partial charge in [-0.15, -0.1) is 0 Å². The van der Waals surface area contributed by atoms with Crippen molar-refractivity contribution in [1.29, 1.82) is 0 Å². The second-order valence-electron chi connectivity index (χ2n) is 23.9. The van der Waals surface area contributed by atoms with Crippen LogP contribution in [0.5, 0.6) is 0 Å². The predicted octanol–water partition coefficient (Wildman–Crippen LogP) is 24.4. The molecule has 0 aliphatic rings. The molecule has 0 bridgehead atoms. The van der Waals surface area contributed by atoms with E-state index in [1.807, 2.05) is 6.08 Å². The first-order chi connectivity index (χ1) is 39.7. The van der Waals surface area contributed by atoms with Crippen molar-refractivity contribution in [1.82, 2.24) is 5.32 Å². The van der Waals surface area contributed by atoms with Crippen LogP contribution in [-0.2, 0) is 4.79 Å². The summed E-state index contributed by atoms with van der Waals surface area (Å²) < 4.78 is 0. The van der Waals surface area contributed by atoms with E-state index in [0.29, 0.717) is 6.42 Å². The van der Waals surface area contributed by atoms with E-state index in [-0.39, 0.29) is 12.5 Å². The van der Waals surface area contributed by atoms with E-state index in [1.54, 1.807) is 6.08 Å². The molecule has 0 spiro atoms. The Morgan fingerprint density at radius 2 is 0.562 bits per heavy atom. The quantitative estimate of drug-likeness (QED) is 0.0420. The molecule has 3 N–H and O–H groups in total. The molecule has 4 nitrogen and oxygen atoms in total. The summed E-state index contributed by atoms with van der Waals surface area (Å²) in [6.45, 7) is 4.21. The average Bonchev–Trinajstić information content (AvgIpc) is 3.46. The molecule has 464 valence electrons. The number of allylic oxidation sites excluding steroid dienone is 15. The number of nitrogens with one attached hydrogen (secondary N) is 1. The van der Waals surface area contributed by atoms with Gasteiger partial charge in [-0.1, -0.05) is 361 Å². The second kappa shape index (κ2) is 70.6. The van der Waals surface area contributed by atoms with Crippen molar-refractivity contribution in [3.63, 3.8) is 0 Å². The standard InChI is InChI=1S/C76H137NO3/c1-3-5-7-9-11-13-15-17-19-21-23-25-27-29-31-33-34-35-36-37-38-39-40-41-42-44-46-48-50-52-54-56-58-60-62-64-66-68-70-72-76(80)77-74(73-78)75(79)71-69-67-65-63-61-59-57-55-53-51-49-47-45-43-32-30-28-26-24-22-20-18-16-14-12-10-8-6-4-2/h5,7,11,13,17,19,23,25,29,31,53,55,61,63,69,71,74-75,78-79H,3-4,6,8-10,12,14-16,18,20-22,24,26-28,30,32-52,54,56-60,62,64-68,70,72-73H2,1-2H3,(H,77,80)/b7-5-,13-11-,19-17-,25-23-,31-29-,55-53+,63-61+,71-69+. The van der Waals surface area contributed by atoms with E-state index >= 15 is 0 Å². The highest BCUT2D eigenvalue weighted by Crippen LogP contribution is 2.18. The molecule has 0 fully saturated rings. The van der Waals surface area contributed by atoms with Crippen LogP contribution in [0, 0.1) is 0 Å². The topological polar surface area (TPSA) is 69.6 Å². The molecule has 1 amide bonds. The molecule has 2 unspecified atom stereocenters. The van der Waals surface area contributed by atoms with Gasteiger partial charge in [-0.25, -0.2) is 0 Å². The molecule has 0 radical (unpaired) electrons. The zero-order valence-electron chi connectivity index (χ0n) is 53.6. The third-order valence-corrected chi connectivity index (χ3v) is 16.0. The second-order valence-corrected chi connectivity index (χ2v) is 23.9. The Labute approximate surface area is 500 Å². The number of amides is 1.